The van der Waals surface area contributed by atoms with Crippen molar-refractivity contribution in [2.75, 3.05) is 33.7 Å². The highest BCUT2D eigenvalue weighted by molar-refractivity contribution is 14.0. The van der Waals surface area contributed by atoms with Gasteiger partial charge in [-0.05, 0) is 25.8 Å². The monoisotopic (exact) mass is 418 g/mol. The summed E-state index contributed by atoms with van der Waals surface area (Å²) in [6.45, 7) is 5.81. The SMILES string of the molecule is CCNC(=NCC(=O)N(C)C)NCCc1cccc(C)c1.I. The van der Waals surface area contributed by atoms with Crippen LogP contribution in [0.15, 0.2) is 29.3 Å². The number of likely N-dealkylation sites (N-methyl/N-ethyl adjacent to an activating group) is 1. The van der Waals surface area contributed by atoms with Crippen molar-refractivity contribution in [1.82, 2.24) is 15.5 Å². The van der Waals surface area contributed by atoms with Gasteiger partial charge < -0.3 is 15.5 Å². The van der Waals surface area contributed by atoms with Crippen LogP contribution in [0.1, 0.15) is 18.1 Å². The Labute approximate surface area is 150 Å². The van der Waals surface area contributed by atoms with Crippen LogP contribution in [0.3, 0.4) is 0 Å². The van der Waals surface area contributed by atoms with Crippen molar-refractivity contribution in [2.24, 2.45) is 4.99 Å². The fourth-order valence-corrected chi connectivity index (χ4v) is 1.82. The summed E-state index contributed by atoms with van der Waals surface area (Å²) in [6.07, 6.45) is 0.924. The number of guanidine groups is 1. The van der Waals surface area contributed by atoms with Gasteiger partial charge in [-0.25, -0.2) is 4.99 Å². The molecule has 0 aromatic heterocycles. The van der Waals surface area contributed by atoms with Crippen LogP contribution in [-0.2, 0) is 11.2 Å². The summed E-state index contributed by atoms with van der Waals surface area (Å²) in [6, 6.07) is 8.46. The van der Waals surface area contributed by atoms with Crippen molar-refractivity contribution in [2.45, 2.75) is 20.3 Å². The van der Waals surface area contributed by atoms with Gasteiger partial charge in [-0.3, -0.25) is 4.79 Å². The van der Waals surface area contributed by atoms with E-state index >= 15 is 0 Å². The van der Waals surface area contributed by atoms with Crippen molar-refractivity contribution in [3.05, 3.63) is 35.4 Å². The molecule has 1 aromatic carbocycles. The van der Waals surface area contributed by atoms with E-state index in [1.54, 1.807) is 19.0 Å². The summed E-state index contributed by atoms with van der Waals surface area (Å²) in [7, 11) is 3.46. The molecular weight excluding hydrogens is 391 g/mol. The van der Waals surface area contributed by atoms with Crippen LogP contribution in [-0.4, -0.2) is 50.5 Å². The first-order valence-corrected chi connectivity index (χ1v) is 7.30. The number of benzene rings is 1. The van der Waals surface area contributed by atoms with Gasteiger partial charge >= 0.3 is 0 Å². The smallest absolute Gasteiger partial charge is 0.243 e. The molecule has 5 nitrogen and oxygen atoms in total. The lowest BCUT2D eigenvalue weighted by atomic mass is 10.1. The van der Waals surface area contributed by atoms with E-state index in [-0.39, 0.29) is 36.4 Å². The van der Waals surface area contributed by atoms with Crippen molar-refractivity contribution >= 4 is 35.8 Å². The van der Waals surface area contributed by atoms with Gasteiger partial charge in [0.2, 0.25) is 5.91 Å². The van der Waals surface area contributed by atoms with Crippen LogP contribution < -0.4 is 10.6 Å². The molecule has 1 amide bonds. The molecule has 22 heavy (non-hydrogen) atoms. The molecule has 0 atom stereocenters. The maximum absolute atomic E-state index is 11.5. The molecule has 0 aliphatic carbocycles. The number of carbonyl (C=O) groups is 1. The summed E-state index contributed by atoms with van der Waals surface area (Å²) in [5, 5.41) is 6.39. The number of carbonyl (C=O) groups excluding carboxylic acids is 1. The zero-order chi connectivity index (χ0) is 15.7. The predicted octanol–water partition coefficient (Wildman–Crippen LogP) is 1.80. The highest BCUT2D eigenvalue weighted by Gasteiger charge is 2.03. The molecule has 0 saturated heterocycles. The fourth-order valence-electron chi connectivity index (χ4n) is 1.82. The average Bonchev–Trinajstić information content (AvgIpc) is 2.44. The third-order valence-corrected chi connectivity index (χ3v) is 3.00. The number of nitrogens with one attached hydrogen (secondary N) is 2. The summed E-state index contributed by atoms with van der Waals surface area (Å²) >= 11 is 0. The lowest BCUT2D eigenvalue weighted by Gasteiger charge is -2.12. The predicted molar refractivity (Wildman–Crippen MR) is 103 cm³/mol. The standard InChI is InChI=1S/C16H26N4O.HI/c1-5-17-16(19-12-15(21)20(3)4)18-10-9-14-8-6-7-13(2)11-14;/h6-8,11H,5,9-10,12H2,1-4H3,(H2,17,18,19);1H. The van der Waals surface area contributed by atoms with Crippen molar-refractivity contribution in [1.29, 1.82) is 0 Å². The van der Waals surface area contributed by atoms with E-state index in [1.165, 1.54) is 11.1 Å². The molecule has 124 valence electrons. The third kappa shape index (κ3) is 8.21. The molecule has 0 spiro atoms. The Morgan fingerprint density at radius 1 is 1.27 bits per heavy atom. The first kappa shape index (κ1) is 20.7. The van der Waals surface area contributed by atoms with Gasteiger partial charge in [0, 0.05) is 27.2 Å². The van der Waals surface area contributed by atoms with Crippen molar-refractivity contribution in [3.8, 4) is 0 Å². The number of aliphatic imine (C=N–C) groups is 1. The van der Waals surface area contributed by atoms with E-state index < -0.39 is 0 Å². The molecule has 6 heteroatoms. The van der Waals surface area contributed by atoms with Crippen molar-refractivity contribution < 1.29 is 4.79 Å². The van der Waals surface area contributed by atoms with Crippen LogP contribution in [0.2, 0.25) is 0 Å². The first-order valence-electron chi connectivity index (χ1n) is 7.30. The van der Waals surface area contributed by atoms with E-state index in [4.69, 9.17) is 0 Å². The molecule has 0 unspecified atom stereocenters. The molecule has 0 saturated carbocycles. The second-order valence-electron chi connectivity index (χ2n) is 5.15. The molecule has 0 aliphatic heterocycles. The molecule has 2 N–H and O–H groups in total. The number of hydrogen-bond donors (Lipinski definition) is 2. The van der Waals surface area contributed by atoms with Gasteiger partial charge in [0.25, 0.3) is 0 Å². The Kier molecular flexibility index (Phi) is 10.6. The van der Waals surface area contributed by atoms with Gasteiger partial charge in [-0.2, -0.15) is 0 Å². The zero-order valence-corrected chi connectivity index (χ0v) is 16.2. The third-order valence-electron chi connectivity index (χ3n) is 3.00. The van der Waals surface area contributed by atoms with Gasteiger partial charge in [-0.1, -0.05) is 29.8 Å². The minimum absolute atomic E-state index is 0. The Bertz CT molecular complexity index is 489. The molecule has 0 aliphatic rings. The summed E-state index contributed by atoms with van der Waals surface area (Å²) in [4.78, 5) is 17.4. The minimum Gasteiger partial charge on any atom is -0.357 e. The molecule has 0 bridgehead atoms. The number of aryl methyl sites for hydroxylation is 1. The second kappa shape index (κ2) is 11.3. The number of nitrogens with zero attached hydrogens (tertiary/aromatic N) is 2. The topological polar surface area (TPSA) is 56.7 Å². The summed E-state index contributed by atoms with van der Waals surface area (Å²) < 4.78 is 0. The zero-order valence-electron chi connectivity index (χ0n) is 13.8. The van der Waals surface area contributed by atoms with Gasteiger partial charge in [0.15, 0.2) is 5.96 Å². The quantitative estimate of drug-likeness (QED) is 0.421. The highest BCUT2D eigenvalue weighted by atomic mass is 127. The number of rotatable bonds is 6. The van der Waals surface area contributed by atoms with Crippen LogP contribution in [0.4, 0.5) is 0 Å². The summed E-state index contributed by atoms with van der Waals surface area (Å²) in [5.74, 6) is 0.672. The molecule has 0 radical (unpaired) electrons. The fraction of sp³-hybridized carbons (Fsp3) is 0.500. The maximum Gasteiger partial charge on any atom is 0.243 e. The summed E-state index contributed by atoms with van der Waals surface area (Å²) in [5.41, 5.74) is 2.56. The lowest BCUT2D eigenvalue weighted by Crippen LogP contribution is -2.39. The number of amides is 1. The van der Waals surface area contributed by atoms with Crippen LogP contribution in [0.5, 0.6) is 0 Å². The van der Waals surface area contributed by atoms with E-state index in [0.717, 1.165) is 19.5 Å². The van der Waals surface area contributed by atoms with E-state index in [9.17, 15) is 4.79 Å². The molecule has 0 heterocycles. The molecule has 0 fully saturated rings. The number of halogens is 1. The number of hydrogen-bond acceptors (Lipinski definition) is 2. The van der Waals surface area contributed by atoms with Crippen LogP contribution in [0.25, 0.3) is 0 Å². The lowest BCUT2D eigenvalue weighted by molar-refractivity contribution is -0.127. The highest BCUT2D eigenvalue weighted by Crippen LogP contribution is 2.03. The normalized spacial score (nSPS) is 10.6. The van der Waals surface area contributed by atoms with Gasteiger partial charge in [0.1, 0.15) is 6.54 Å². The molecule has 1 rings (SSSR count). The Morgan fingerprint density at radius 3 is 2.59 bits per heavy atom. The Morgan fingerprint density at radius 2 is 2.00 bits per heavy atom. The minimum atomic E-state index is -0.00844. The van der Waals surface area contributed by atoms with Gasteiger partial charge in [-0.15, -0.1) is 24.0 Å². The van der Waals surface area contributed by atoms with Crippen LogP contribution >= 0.6 is 24.0 Å². The van der Waals surface area contributed by atoms with Crippen molar-refractivity contribution in [3.63, 3.8) is 0 Å². The molecular formula is C16H27IN4O. The Hall–Kier alpha value is -1.31. The van der Waals surface area contributed by atoms with Crippen LogP contribution in [0, 0.1) is 6.92 Å². The Balaban J connectivity index is 0.00000441. The van der Waals surface area contributed by atoms with E-state index in [0.29, 0.717) is 5.96 Å². The molecule has 1 aromatic rings. The van der Waals surface area contributed by atoms with Gasteiger partial charge in [0.05, 0.1) is 0 Å². The average molecular weight is 418 g/mol. The first-order chi connectivity index (χ1) is 10.0. The largest absolute Gasteiger partial charge is 0.357 e. The maximum atomic E-state index is 11.5. The second-order valence-corrected chi connectivity index (χ2v) is 5.15. The van der Waals surface area contributed by atoms with E-state index in [2.05, 4.69) is 46.8 Å². The van der Waals surface area contributed by atoms with E-state index in [1.807, 2.05) is 6.92 Å².